The van der Waals surface area contributed by atoms with Gasteiger partial charge in [-0.2, -0.15) is 0 Å². The van der Waals surface area contributed by atoms with Gasteiger partial charge in [0.15, 0.2) is 0 Å². The third-order valence-corrected chi connectivity index (χ3v) is 5.56. The third-order valence-electron chi connectivity index (χ3n) is 1.24. The van der Waals surface area contributed by atoms with Crippen molar-refractivity contribution in [2.24, 2.45) is 3.90 Å². The summed E-state index contributed by atoms with van der Waals surface area (Å²) in [5.74, 6) is 0. The van der Waals surface area contributed by atoms with E-state index in [0.717, 1.165) is 0 Å². The predicted octanol–water partition coefficient (Wildman–Crippen LogP) is 1.96. The van der Waals surface area contributed by atoms with E-state index in [1.165, 1.54) is 10.6 Å². The van der Waals surface area contributed by atoms with E-state index in [9.17, 15) is 0 Å². The Bertz CT molecular complexity index is 259. The fraction of sp³-hybridized carbons (Fsp3) is 0. The van der Waals surface area contributed by atoms with Crippen LogP contribution in [0.25, 0.3) is 0 Å². The zero-order valence-electron chi connectivity index (χ0n) is 4.74. The molecule has 0 amide bonds. The van der Waals surface area contributed by atoms with E-state index in [-0.39, 0.29) is 14.1 Å². The molecule has 0 unspecified atom stereocenters. The molecule has 0 aliphatic carbocycles. The first-order valence-corrected chi connectivity index (χ1v) is 7.68. The Morgan fingerprint density at radius 2 is 2.22 bits per heavy atom. The molecule has 1 heterocycles. The number of hydrogen-bond acceptors (Lipinski definition) is 2. The average Bonchev–Trinajstić information content (AvgIpc) is 2.33. The molecule has 3 heteroatoms. The second-order valence-corrected chi connectivity index (χ2v) is 6.06. The quantitative estimate of drug-likeness (QED) is 0.577. The number of benzene rings is 1. The average molecular weight is 196 g/mol. The molecule has 9 heavy (non-hydrogen) atoms. The second kappa shape index (κ2) is 2.27. The normalized spacial score (nSPS) is 13.8. The Morgan fingerprint density at radius 1 is 1.33 bits per heavy atom. The summed E-state index contributed by atoms with van der Waals surface area (Å²) < 4.78 is 4.42. The van der Waals surface area contributed by atoms with Crippen LogP contribution in [0.1, 0.15) is 0 Å². The molecular weight excluding hydrogens is 191 g/mol. The zero-order chi connectivity index (χ0) is 6.10. The van der Waals surface area contributed by atoms with Gasteiger partial charge in [-0.15, -0.1) is 0 Å². The van der Waals surface area contributed by atoms with E-state index >= 15 is 0 Å². The summed E-state index contributed by atoms with van der Waals surface area (Å²) in [6.07, 6.45) is 0. The van der Waals surface area contributed by atoms with Crippen molar-refractivity contribution in [3.05, 3.63) is 24.3 Å². The summed E-state index contributed by atoms with van der Waals surface area (Å²) in [5, 5.41) is 0. The molecule has 1 aliphatic heterocycles. The fourth-order valence-corrected chi connectivity index (χ4v) is 5.17. The number of fused-ring (bicyclic) bond motifs is 1. The van der Waals surface area contributed by atoms with Crippen LogP contribution in [0.5, 0.6) is 0 Å². The van der Waals surface area contributed by atoms with E-state index in [4.69, 9.17) is 0 Å². The second-order valence-electron chi connectivity index (χ2n) is 1.82. The van der Waals surface area contributed by atoms with Gasteiger partial charge in [0.05, 0.1) is 0 Å². The van der Waals surface area contributed by atoms with Crippen molar-refractivity contribution in [2.45, 2.75) is 4.90 Å². The van der Waals surface area contributed by atoms with Crippen LogP contribution in [0.2, 0.25) is 0 Å². The van der Waals surface area contributed by atoms with Gasteiger partial charge in [-0.25, -0.2) is 0 Å². The van der Waals surface area contributed by atoms with Gasteiger partial charge < -0.3 is 0 Å². The number of nitrogens with zero attached hydrogens (tertiary/aromatic N) is 1. The van der Waals surface area contributed by atoms with Crippen LogP contribution in [0.4, 0.5) is 5.69 Å². The van der Waals surface area contributed by atoms with Crippen LogP contribution in [0.3, 0.4) is 0 Å². The minimum absolute atomic E-state index is 0.302. The Kier molecular flexibility index (Phi) is 1.43. The molecule has 1 aromatic carbocycles. The third kappa shape index (κ3) is 0.967. The van der Waals surface area contributed by atoms with E-state index in [0.29, 0.717) is 0 Å². The van der Waals surface area contributed by atoms with Crippen molar-refractivity contribution in [3.63, 3.8) is 0 Å². The SMILES string of the molecule is c1ccc2c(c1)[N]=[GeH][S]2. The molecule has 0 spiro atoms. The summed E-state index contributed by atoms with van der Waals surface area (Å²) >= 11 is -0.302. The first-order chi connectivity index (χ1) is 4.47. The van der Waals surface area contributed by atoms with Gasteiger partial charge in [0.25, 0.3) is 0 Å². The molecule has 2 rings (SSSR count). The molecule has 0 fully saturated rings. The van der Waals surface area contributed by atoms with Crippen molar-refractivity contribution in [1.82, 2.24) is 0 Å². The van der Waals surface area contributed by atoms with Crippen molar-refractivity contribution < 1.29 is 0 Å². The Morgan fingerprint density at radius 3 is 3.11 bits per heavy atom. The van der Waals surface area contributed by atoms with Gasteiger partial charge in [0, 0.05) is 0 Å². The molecule has 1 aliphatic rings. The van der Waals surface area contributed by atoms with Crippen molar-refractivity contribution >= 4 is 29.9 Å². The molecule has 0 saturated carbocycles. The Labute approximate surface area is 63.1 Å². The van der Waals surface area contributed by atoms with Crippen molar-refractivity contribution in [1.29, 1.82) is 0 Å². The Hall–Kier alpha value is -0.0871. The molecular formula is C6H5GeNS. The van der Waals surface area contributed by atoms with Gasteiger partial charge in [0.2, 0.25) is 0 Å². The van der Waals surface area contributed by atoms with Crippen molar-refractivity contribution in [2.75, 3.05) is 0 Å². The summed E-state index contributed by atoms with van der Waals surface area (Å²) in [6.45, 7) is 0. The van der Waals surface area contributed by atoms with E-state index in [2.05, 4.69) is 22.1 Å². The standard InChI is InChI=1S/C6H5GeNS/c1-2-4-6-5(3-1)8-7-9-6/h1-4,7H. The monoisotopic (exact) mass is 197 g/mol. The molecule has 1 nitrogen and oxygen atoms in total. The van der Waals surface area contributed by atoms with Crippen molar-refractivity contribution in [3.8, 4) is 0 Å². The first-order valence-electron chi connectivity index (χ1n) is 2.75. The van der Waals surface area contributed by atoms with Gasteiger partial charge in [0.1, 0.15) is 0 Å². The van der Waals surface area contributed by atoms with E-state index in [1.807, 2.05) is 16.2 Å². The van der Waals surface area contributed by atoms with Gasteiger partial charge in [-0.05, 0) is 0 Å². The minimum atomic E-state index is -0.302. The van der Waals surface area contributed by atoms with E-state index in [1.54, 1.807) is 0 Å². The van der Waals surface area contributed by atoms with Crippen LogP contribution in [-0.2, 0) is 0 Å². The number of rotatable bonds is 0. The molecule has 44 valence electrons. The number of hydrogen-bond donors (Lipinski definition) is 0. The molecule has 0 saturated heterocycles. The molecule has 0 N–H and O–H groups in total. The van der Waals surface area contributed by atoms with Gasteiger partial charge in [-0.1, -0.05) is 0 Å². The van der Waals surface area contributed by atoms with Crippen LogP contribution in [-0.4, -0.2) is 14.1 Å². The fourth-order valence-electron chi connectivity index (χ4n) is 0.803. The van der Waals surface area contributed by atoms with Crippen LogP contribution in [0, 0.1) is 0 Å². The summed E-state index contributed by atoms with van der Waals surface area (Å²) in [7, 11) is 1.96. The molecule has 0 bridgehead atoms. The topological polar surface area (TPSA) is 12.4 Å². The predicted molar refractivity (Wildman–Crippen MR) is 41.5 cm³/mol. The van der Waals surface area contributed by atoms with Crippen LogP contribution < -0.4 is 0 Å². The zero-order valence-corrected chi connectivity index (χ0v) is 7.98. The summed E-state index contributed by atoms with van der Waals surface area (Å²) in [4.78, 5) is 1.39. The molecule has 0 radical (unpaired) electrons. The van der Waals surface area contributed by atoms with Gasteiger partial charge >= 0.3 is 62.9 Å². The van der Waals surface area contributed by atoms with Gasteiger partial charge in [-0.3, -0.25) is 0 Å². The maximum atomic E-state index is 4.42. The summed E-state index contributed by atoms with van der Waals surface area (Å²) in [5.41, 5.74) is 1.22. The molecule has 0 aromatic heterocycles. The molecule has 1 aromatic rings. The first kappa shape index (κ1) is 5.68. The molecule has 0 atom stereocenters. The maximum absolute atomic E-state index is 4.42. The summed E-state index contributed by atoms with van der Waals surface area (Å²) in [6, 6.07) is 8.36. The van der Waals surface area contributed by atoms with Crippen LogP contribution in [0.15, 0.2) is 33.1 Å². The number of para-hydroxylation sites is 1. The van der Waals surface area contributed by atoms with E-state index < -0.39 is 0 Å². The van der Waals surface area contributed by atoms with Crippen LogP contribution >= 0.6 is 10.1 Å². The Balaban J connectivity index is 2.63.